The monoisotopic (exact) mass is 628 g/mol. The summed E-state index contributed by atoms with van der Waals surface area (Å²) in [4.78, 5) is 10.3. The molecule has 1 fully saturated rings. The molecule has 1 aliphatic rings. The van der Waals surface area contributed by atoms with Crippen molar-refractivity contribution in [1.29, 1.82) is 0 Å². The number of halogens is 1. The van der Waals surface area contributed by atoms with Gasteiger partial charge in [-0.15, -0.1) is 0 Å². The van der Waals surface area contributed by atoms with Gasteiger partial charge in [-0.1, -0.05) is 52.3 Å². The van der Waals surface area contributed by atoms with Crippen molar-refractivity contribution in [3.05, 3.63) is 101 Å². The molecule has 6 rings (SSSR count). The van der Waals surface area contributed by atoms with Crippen molar-refractivity contribution in [2.24, 2.45) is 7.05 Å². The molecule has 0 atom stereocenters. The predicted octanol–water partition coefficient (Wildman–Crippen LogP) is 6.70. The average molecular weight is 630 g/mol. The Morgan fingerprint density at radius 3 is 2.10 bits per heavy atom. The molecule has 5 aromatic rings. The second kappa shape index (κ2) is 11.1. The van der Waals surface area contributed by atoms with Gasteiger partial charge >= 0.3 is 0 Å². The number of hydrogen-bond donors (Lipinski definition) is 0. The number of benzene rings is 3. The lowest BCUT2D eigenvalue weighted by molar-refractivity contribution is 0.250. The first-order valence-corrected chi connectivity index (χ1v) is 16.4. The minimum atomic E-state index is -3.23. The largest absolute Gasteiger partial charge is 0.369 e. The maximum Gasteiger partial charge on any atom is 0.175 e. The number of rotatable bonds is 6. The first-order chi connectivity index (χ1) is 19.7. The summed E-state index contributed by atoms with van der Waals surface area (Å²) in [6.07, 6.45) is 1.23. The van der Waals surface area contributed by atoms with E-state index >= 15 is 0 Å². The summed E-state index contributed by atoms with van der Waals surface area (Å²) in [5, 5.41) is 1.09. The Morgan fingerprint density at radius 1 is 0.829 bits per heavy atom. The summed E-state index contributed by atoms with van der Waals surface area (Å²) in [7, 11) is -1.18. The molecule has 8 heteroatoms. The van der Waals surface area contributed by atoms with Gasteiger partial charge in [0, 0.05) is 78.5 Å². The Balaban J connectivity index is 1.18. The van der Waals surface area contributed by atoms with Crippen LogP contribution in [-0.2, 0) is 23.4 Å². The summed E-state index contributed by atoms with van der Waals surface area (Å²) in [6.45, 7) is 7.14. The van der Waals surface area contributed by atoms with Crippen LogP contribution in [0.1, 0.15) is 11.3 Å². The minimum absolute atomic E-state index is 0.325. The maximum atomic E-state index is 11.9. The molecule has 0 saturated carbocycles. The van der Waals surface area contributed by atoms with Crippen LogP contribution in [0.4, 0.5) is 5.69 Å². The molecule has 0 amide bonds. The Labute approximate surface area is 250 Å². The second-order valence-electron chi connectivity index (χ2n) is 10.8. The fourth-order valence-electron chi connectivity index (χ4n) is 5.64. The third-order valence-electron chi connectivity index (χ3n) is 8.03. The van der Waals surface area contributed by atoms with E-state index in [0.29, 0.717) is 4.90 Å². The lowest BCUT2D eigenvalue weighted by Crippen LogP contribution is -2.45. The van der Waals surface area contributed by atoms with Crippen LogP contribution in [0.25, 0.3) is 33.4 Å². The smallest absolute Gasteiger partial charge is 0.175 e. The first-order valence-electron chi connectivity index (χ1n) is 13.8. The van der Waals surface area contributed by atoms with Crippen molar-refractivity contribution in [2.75, 3.05) is 37.3 Å². The van der Waals surface area contributed by atoms with Gasteiger partial charge in [-0.25, -0.2) is 8.42 Å². The lowest BCUT2D eigenvalue weighted by atomic mass is 10.1. The standard InChI is InChI=1S/C33H33BrN4O2S/c1-23-30-20-32(26-8-14-29(15-9-26)41(3,39)40)36(2)33(30)21-31(35-23)25-6-12-28(13-7-25)38-18-16-37(17-19-38)22-24-4-10-27(34)11-5-24/h4-15,20-21H,16-19,22H2,1-3H3. The predicted molar refractivity (Wildman–Crippen MR) is 171 cm³/mol. The Hall–Kier alpha value is -3.46. The van der Waals surface area contributed by atoms with E-state index < -0.39 is 9.84 Å². The van der Waals surface area contributed by atoms with Crippen molar-refractivity contribution in [3.8, 4) is 22.5 Å². The molecular formula is C33H33BrN4O2S. The second-order valence-corrected chi connectivity index (χ2v) is 13.8. The highest BCUT2D eigenvalue weighted by Gasteiger charge is 2.18. The summed E-state index contributed by atoms with van der Waals surface area (Å²) in [6, 6.07) is 28.7. The molecule has 1 saturated heterocycles. The Morgan fingerprint density at radius 2 is 1.46 bits per heavy atom. The van der Waals surface area contributed by atoms with Crippen LogP contribution in [-0.4, -0.2) is 55.3 Å². The van der Waals surface area contributed by atoms with Crippen LogP contribution < -0.4 is 4.90 Å². The van der Waals surface area contributed by atoms with Crippen LogP contribution in [0.5, 0.6) is 0 Å². The number of hydrogen-bond acceptors (Lipinski definition) is 5. The molecule has 3 heterocycles. The van der Waals surface area contributed by atoms with Gasteiger partial charge in [0.1, 0.15) is 0 Å². The molecule has 6 nitrogen and oxygen atoms in total. The number of aryl methyl sites for hydroxylation is 2. The van der Waals surface area contributed by atoms with Gasteiger partial charge in [0.2, 0.25) is 0 Å². The van der Waals surface area contributed by atoms with Gasteiger partial charge in [0.25, 0.3) is 0 Å². The van der Waals surface area contributed by atoms with Crippen LogP contribution in [0.2, 0.25) is 0 Å². The number of anilines is 1. The highest BCUT2D eigenvalue weighted by Crippen LogP contribution is 2.32. The molecule has 0 unspecified atom stereocenters. The average Bonchev–Trinajstić information content (AvgIpc) is 3.31. The van der Waals surface area contributed by atoms with E-state index in [1.807, 2.05) is 26.1 Å². The molecule has 2 aromatic heterocycles. The molecule has 0 radical (unpaired) electrons. The fourth-order valence-corrected chi connectivity index (χ4v) is 6.53. The van der Waals surface area contributed by atoms with Crippen LogP contribution in [0, 0.1) is 6.92 Å². The van der Waals surface area contributed by atoms with Gasteiger partial charge in [-0.05, 0) is 66.6 Å². The van der Waals surface area contributed by atoms with Gasteiger partial charge in [0.05, 0.1) is 16.1 Å². The van der Waals surface area contributed by atoms with Crippen molar-refractivity contribution in [1.82, 2.24) is 14.5 Å². The maximum absolute atomic E-state index is 11.9. The summed E-state index contributed by atoms with van der Waals surface area (Å²) < 4.78 is 27.0. The van der Waals surface area contributed by atoms with Crippen LogP contribution in [0.3, 0.4) is 0 Å². The molecule has 0 bridgehead atoms. The zero-order chi connectivity index (χ0) is 28.7. The SMILES string of the molecule is Cc1nc(-c2ccc(N3CCN(Cc4ccc(Br)cc4)CC3)cc2)cc2c1cc(-c1ccc(S(C)(=O)=O)cc1)n2C. The zero-order valence-corrected chi connectivity index (χ0v) is 25.9. The number of aromatic nitrogens is 2. The highest BCUT2D eigenvalue weighted by atomic mass is 79.9. The number of nitrogens with zero attached hydrogens (tertiary/aromatic N) is 4. The van der Waals surface area contributed by atoms with Gasteiger partial charge in [-0.2, -0.15) is 0 Å². The van der Waals surface area contributed by atoms with Crippen molar-refractivity contribution < 1.29 is 8.42 Å². The number of fused-ring (bicyclic) bond motifs is 1. The van der Waals surface area contributed by atoms with Crippen molar-refractivity contribution in [3.63, 3.8) is 0 Å². The number of sulfone groups is 1. The quantitative estimate of drug-likeness (QED) is 0.209. The van der Waals surface area contributed by atoms with Gasteiger partial charge < -0.3 is 9.47 Å². The van der Waals surface area contributed by atoms with E-state index in [4.69, 9.17) is 4.98 Å². The van der Waals surface area contributed by atoms with Crippen LogP contribution in [0.15, 0.2) is 94.3 Å². The van der Waals surface area contributed by atoms with Crippen LogP contribution >= 0.6 is 15.9 Å². The molecule has 3 aromatic carbocycles. The Bertz CT molecular complexity index is 1810. The number of piperazine rings is 1. The number of pyridine rings is 1. The fraction of sp³-hybridized carbons (Fsp3) is 0.242. The van der Waals surface area contributed by atoms with Crippen molar-refractivity contribution >= 4 is 42.4 Å². The van der Waals surface area contributed by atoms with Gasteiger partial charge in [0.15, 0.2) is 9.84 Å². The molecule has 0 N–H and O–H groups in total. The lowest BCUT2D eigenvalue weighted by Gasteiger charge is -2.36. The minimum Gasteiger partial charge on any atom is -0.369 e. The Kier molecular flexibility index (Phi) is 7.49. The zero-order valence-electron chi connectivity index (χ0n) is 23.5. The van der Waals surface area contributed by atoms with Gasteiger partial charge in [-0.3, -0.25) is 9.88 Å². The van der Waals surface area contributed by atoms with E-state index in [9.17, 15) is 8.42 Å². The molecule has 1 aliphatic heterocycles. The third-order valence-corrected chi connectivity index (χ3v) is 9.69. The molecule has 0 aliphatic carbocycles. The van der Waals surface area contributed by atoms with E-state index in [0.717, 1.165) is 76.3 Å². The summed E-state index contributed by atoms with van der Waals surface area (Å²) in [5.41, 5.74) is 8.69. The van der Waals surface area contributed by atoms with E-state index in [-0.39, 0.29) is 0 Å². The third kappa shape index (κ3) is 5.82. The normalized spacial score (nSPS) is 14.6. The molecular weight excluding hydrogens is 596 g/mol. The molecule has 41 heavy (non-hydrogen) atoms. The summed E-state index contributed by atoms with van der Waals surface area (Å²) >= 11 is 3.52. The summed E-state index contributed by atoms with van der Waals surface area (Å²) in [5.74, 6) is 0. The topological polar surface area (TPSA) is 58.4 Å². The molecule has 0 spiro atoms. The highest BCUT2D eigenvalue weighted by molar-refractivity contribution is 9.10. The van der Waals surface area contributed by atoms with E-state index in [2.05, 4.69) is 91.0 Å². The van der Waals surface area contributed by atoms with E-state index in [1.54, 1.807) is 12.1 Å². The van der Waals surface area contributed by atoms with E-state index in [1.165, 1.54) is 17.5 Å². The first kappa shape index (κ1) is 27.7. The van der Waals surface area contributed by atoms with Crippen molar-refractivity contribution in [2.45, 2.75) is 18.4 Å². The molecule has 210 valence electrons.